The summed E-state index contributed by atoms with van der Waals surface area (Å²) in [7, 11) is 0. The van der Waals surface area contributed by atoms with Gasteiger partial charge in [-0.05, 0) is 68.1 Å². The predicted octanol–water partition coefficient (Wildman–Crippen LogP) is 5.25. The summed E-state index contributed by atoms with van der Waals surface area (Å²) in [4.78, 5) is 17.3. The molecule has 5 nitrogen and oxygen atoms in total. The summed E-state index contributed by atoms with van der Waals surface area (Å²) >= 11 is 6.01. The molecule has 31 heavy (non-hydrogen) atoms. The van der Waals surface area contributed by atoms with E-state index in [-0.39, 0.29) is 5.91 Å². The van der Waals surface area contributed by atoms with Crippen molar-refractivity contribution in [1.29, 1.82) is 0 Å². The SMILES string of the molecule is Cc1nc2c(c(C)nn2-c2ccccc2)c(C)c1CCC(=O)NCc1cccc(Cl)c1. The van der Waals surface area contributed by atoms with Crippen molar-refractivity contribution >= 4 is 28.5 Å². The van der Waals surface area contributed by atoms with Gasteiger partial charge in [0.2, 0.25) is 5.91 Å². The summed E-state index contributed by atoms with van der Waals surface area (Å²) in [5.74, 6) is 0.00979. The molecule has 0 aliphatic heterocycles. The van der Waals surface area contributed by atoms with Gasteiger partial charge in [0.05, 0.1) is 11.4 Å². The van der Waals surface area contributed by atoms with E-state index in [4.69, 9.17) is 21.7 Å². The molecule has 0 aliphatic carbocycles. The molecule has 158 valence electrons. The zero-order chi connectivity index (χ0) is 22.0. The van der Waals surface area contributed by atoms with Crippen LogP contribution in [0.15, 0.2) is 54.6 Å². The van der Waals surface area contributed by atoms with E-state index in [0.717, 1.165) is 44.8 Å². The summed E-state index contributed by atoms with van der Waals surface area (Å²) in [5.41, 5.74) is 6.96. The average molecular weight is 433 g/mol. The van der Waals surface area contributed by atoms with Gasteiger partial charge in [-0.1, -0.05) is 41.9 Å². The fourth-order valence-electron chi connectivity index (χ4n) is 4.00. The second-order valence-corrected chi connectivity index (χ2v) is 8.18. The Morgan fingerprint density at radius 2 is 1.81 bits per heavy atom. The second-order valence-electron chi connectivity index (χ2n) is 7.74. The third-order valence-electron chi connectivity index (χ3n) is 5.56. The number of rotatable bonds is 6. The Balaban J connectivity index is 1.53. The summed E-state index contributed by atoms with van der Waals surface area (Å²) < 4.78 is 1.89. The number of aryl methyl sites for hydroxylation is 3. The van der Waals surface area contributed by atoms with E-state index in [1.54, 1.807) is 0 Å². The first-order valence-electron chi connectivity index (χ1n) is 10.4. The standard InChI is InChI=1S/C25H25ClN4O/c1-16-22(12-13-23(31)27-15-19-8-7-9-20(26)14-19)17(2)28-25-24(16)18(3)29-30(25)21-10-5-4-6-11-21/h4-11,14H,12-13,15H2,1-3H3,(H,27,31). The van der Waals surface area contributed by atoms with Crippen molar-refractivity contribution in [2.45, 2.75) is 40.2 Å². The zero-order valence-corrected chi connectivity index (χ0v) is 18.7. The first-order valence-corrected chi connectivity index (χ1v) is 10.7. The van der Waals surface area contributed by atoms with Crippen molar-refractivity contribution in [3.8, 4) is 5.69 Å². The lowest BCUT2D eigenvalue weighted by atomic mass is 9.99. The number of carbonyl (C=O) groups is 1. The highest BCUT2D eigenvalue weighted by Gasteiger charge is 2.18. The highest BCUT2D eigenvalue weighted by Crippen LogP contribution is 2.28. The fraction of sp³-hybridized carbons (Fsp3) is 0.240. The van der Waals surface area contributed by atoms with E-state index in [0.29, 0.717) is 24.4 Å². The van der Waals surface area contributed by atoms with Crippen LogP contribution in [0.2, 0.25) is 5.02 Å². The maximum Gasteiger partial charge on any atom is 0.220 e. The topological polar surface area (TPSA) is 59.8 Å². The molecular weight excluding hydrogens is 408 g/mol. The van der Waals surface area contributed by atoms with Crippen LogP contribution >= 0.6 is 11.6 Å². The Kier molecular flexibility index (Phi) is 6.05. The largest absolute Gasteiger partial charge is 0.352 e. The Hall–Kier alpha value is -3.18. The van der Waals surface area contributed by atoms with Crippen LogP contribution in [0.3, 0.4) is 0 Å². The van der Waals surface area contributed by atoms with Crippen molar-refractivity contribution in [2.24, 2.45) is 0 Å². The molecule has 1 N–H and O–H groups in total. The number of fused-ring (bicyclic) bond motifs is 1. The van der Waals surface area contributed by atoms with Gasteiger partial charge >= 0.3 is 0 Å². The fourth-order valence-corrected chi connectivity index (χ4v) is 4.21. The van der Waals surface area contributed by atoms with Crippen LogP contribution in [-0.2, 0) is 17.8 Å². The molecule has 2 heterocycles. The molecule has 0 bridgehead atoms. The van der Waals surface area contributed by atoms with E-state index in [1.807, 2.05) is 73.1 Å². The van der Waals surface area contributed by atoms with E-state index in [2.05, 4.69) is 12.2 Å². The number of nitrogens with zero attached hydrogens (tertiary/aromatic N) is 3. The number of aromatic nitrogens is 3. The third kappa shape index (κ3) is 4.47. The molecule has 0 fully saturated rings. The van der Waals surface area contributed by atoms with Crippen molar-refractivity contribution in [3.63, 3.8) is 0 Å². The lowest BCUT2D eigenvalue weighted by molar-refractivity contribution is -0.121. The number of halogens is 1. The molecule has 0 radical (unpaired) electrons. The number of nitrogens with one attached hydrogen (secondary N) is 1. The van der Waals surface area contributed by atoms with Crippen LogP contribution in [0.4, 0.5) is 0 Å². The lowest BCUT2D eigenvalue weighted by Gasteiger charge is -2.12. The van der Waals surface area contributed by atoms with Crippen molar-refractivity contribution in [3.05, 3.63) is 87.7 Å². The molecule has 4 aromatic rings. The number of hydrogen-bond donors (Lipinski definition) is 1. The molecule has 0 atom stereocenters. The zero-order valence-electron chi connectivity index (χ0n) is 17.9. The average Bonchev–Trinajstić information content (AvgIpc) is 3.09. The van der Waals surface area contributed by atoms with Crippen LogP contribution < -0.4 is 5.32 Å². The molecule has 1 amide bonds. The van der Waals surface area contributed by atoms with E-state index >= 15 is 0 Å². The lowest BCUT2D eigenvalue weighted by Crippen LogP contribution is -2.23. The quantitative estimate of drug-likeness (QED) is 0.452. The van der Waals surface area contributed by atoms with Crippen LogP contribution in [0.1, 0.15) is 34.5 Å². The highest BCUT2D eigenvalue weighted by atomic mass is 35.5. The number of amides is 1. The van der Waals surface area contributed by atoms with Gasteiger partial charge in [-0.3, -0.25) is 4.79 Å². The molecule has 0 unspecified atom stereocenters. The van der Waals surface area contributed by atoms with Gasteiger partial charge in [0.25, 0.3) is 0 Å². The van der Waals surface area contributed by atoms with Gasteiger partial charge < -0.3 is 5.32 Å². The summed E-state index contributed by atoms with van der Waals surface area (Å²) in [6.07, 6.45) is 1.04. The monoisotopic (exact) mass is 432 g/mol. The maximum absolute atomic E-state index is 12.4. The van der Waals surface area contributed by atoms with Crippen molar-refractivity contribution < 1.29 is 4.79 Å². The second kappa shape index (κ2) is 8.90. The van der Waals surface area contributed by atoms with Crippen LogP contribution in [-0.4, -0.2) is 20.7 Å². The smallest absolute Gasteiger partial charge is 0.220 e. The summed E-state index contributed by atoms with van der Waals surface area (Å²) in [6.45, 7) is 6.58. The van der Waals surface area contributed by atoms with Gasteiger partial charge in [-0.15, -0.1) is 0 Å². The number of pyridine rings is 1. The molecule has 0 aliphatic rings. The van der Waals surface area contributed by atoms with E-state index in [9.17, 15) is 4.79 Å². The maximum atomic E-state index is 12.4. The first kappa shape index (κ1) is 21.1. The minimum Gasteiger partial charge on any atom is -0.352 e. The molecule has 0 spiro atoms. The molecule has 6 heteroatoms. The van der Waals surface area contributed by atoms with Gasteiger partial charge in [0.15, 0.2) is 5.65 Å². The van der Waals surface area contributed by atoms with Gasteiger partial charge in [-0.2, -0.15) is 5.10 Å². The molecule has 4 rings (SSSR count). The highest BCUT2D eigenvalue weighted by molar-refractivity contribution is 6.30. The Bertz CT molecular complexity index is 1250. The number of carbonyl (C=O) groups excluding carboxylic acids is 1. The minimum atomic E-state index is 0.00979. The van der Waals surface area contributed by atoms with Gasteiger partial charge in [0.1, 0.15) is 0 Å². The minimum absolute atomic E-state index is 0.00979. The van der Waals surface area contributed by atoms with Crippen LogP contribution in [0.5, 0.6) is 0 Å². The third-order valence-corrected chi connectivity index (χ3v) is 5.79. The Morgan fingerprint density at radius 1 is 1.03 bits per heavy atom. The van der Waals surface area contributed by atoms with E-state index in [1.165, 1.54) is 0 Å². The Morgan fingerprint density at radius 3 is 2.55 bits per heavy atom. The Labute approximate surface area is 187 Å². The van der Waals surface area contributed by atoms with Crippen LogP contribution in [0, 0.1) is 20.8 Å². The van der Waals surface area contributed by atoms with Crippen molar-refractivity contribution in [2.75, 3.05) is 0 Å². The molecule has 2 aromatic heterocycles. The van der Waals surface area contributed by atoms with Gasteiger partial charge in [-0.25, -0.2) is 9.67 Å². The number of para-hydroxylation sites is 1. The summed E-state index contributed by atoms with van der Waals surface area (Å²) in [5, 5.41) is 9.44. The molecule has 0 saturated heterocycles. The first-order chi connectivity index (χ1) is 14.9. The van der Waals surface area contributed by atoms with E-state index < -0.39 is 0 Å². The van der Waals surface area contributed by atoms with Gasteiger partial charge in [0, 0.05) is 29.1 Å². The van der Waals surface area contributed by atoms with Crippen molar-refractivity contribution in [1.82, 2.24) is 20.1 Å². The number of hydrogen-bond acceptors (Lipinski definition) is 3. The summed E-state index contributed by atoms with van der Waals surface area (Å²) in [6, 6.07) is 17.5. The normalized spacial score (nSPS) is 11.1. The predicted molar refractivity (Wildman–Crippen MR) is 125 cm³/mol. The van der Waals surface area contributed by atoms with Crippen LogP contribution in [0.25, 0.3) is 16.7 Å². The molecule has 0 saturated carbocycles. The number of benzene rings is 2. The molecular formula is C25H25ClN4O. The molecule has 2 aromatic carbocycles.